The molecule has 1 amide bonds. The van der Waals surface area contributed by atoms with Crippen molar-refractivity contribution in [1.29, 1.82) is 0 Å². The van der Waals surface area contributed by atoms with Crippen LogP contribution in [0.5, 0.6) is 0 Å². The molecule has 1 fully saturated rings. The first kappa shape index (κ1) is 23.4. The van der Waals surface area contributed by atoms with Crippen LogP contribution in [-0.4, -0.2) is 69.7 Å². The van der Waals surface area contributed by atoms with E-state index >= 15 is 0 Å². The molecule has 170 valence electrons. The van der Waals surface area contributed by atoms with E-state index in [1.54, 1.807) is 4.90 Å². The number of alkyl halides is 2. The van der Waals surface area contributed by atoms with Crippen molar-refractivity contribution in [3.05, 3.63) is 27.7 Å². The normalized spacial score (nSPS) is 19.5. The van der Waals surface area contributed by atoms with Crippen LogP contribution in [0, 0.1) is 0 Å². The number of nitrogens with zero attached hydrogens (tertiary/aromatic N) is 3. The van der Waals surface area contributed by atoms with Crippen molar-refractivity contribution in [2.45, 2.75) is 44.8 Å². The molecule has 1 aliphatic rings. The number of amides is 1. The Morgan fingerprint density at radius 2 is 2.26 bits per heavy atom. The molecule has 3 N–H and O–H groups in total. The van der Waals surface area contributed by atoms with E-state index in [0.717, 1.165) is 18.3 Å². The number of carbonyl (C=O) groups excluding carboxylic acids is 1. The second-order valence-electron chi connectivity index (χ2n) is 7.25. The molecular formula is C18H22ClF2N5O4S. The molecule has 0 saturated carbocycles. The van der Waals surface area contributed by atoms with Crippen LogP contribution in [-0.2, 0) is 11.2 Å². The van der Waals surface area contributed by atoms with Crippen LogP contribution in [0.2, 0.25) is 5.15 Å². The summed E-state index contributed by atoms with van der Waals surface area (Å²) >= 11 is 6.97. The maximum absolute atomic E-state index is 13.4. The Kier molecular flexibility index (Phi) is 7.12. The summed E-state index contributed by atoms with van der Waals surface area (Å²) in [6.45, 7) is 2.38. The highest BCUT2D eigenvalue weighted by atomic mass is 35.5. The lowest BCUT2D eigenvalue weighted by atomic mass is 10.0. The van der Waals surface area contributed by atoms with Crippen LogP contribution in [0.15, 0.2) is 6.20 Å². The molecule has 9 nitrogen and oxygen atoms in total. The summed E-state index contributed by atoms with van der Waals surface area (Å²) in [5.41, 5.74) is 0.623. The van der Waals surface area contributed by atoms with E-state index in [1.165, 1.54) is 6.20 Å². The van der Waals surface area contributed by atoms with Gasteiger partial charge in [-0.25, -0.2) is 23.5 Å². The maximum Gasteiger partial charge on any atom is 0.347 e. The van der Waals surface area contributed by atoms with Gasteiger partial charge in [0.1, 0.15) is 11.5 Å². The number of aryl methyl sites for hydroxylation is 1. The summed E-state index contributed by atoms with van der Waals surface area (Å²) in [5.74, 6) is -4.61. The first-order valence-corrected chi connectivity index (χ1v) is 10.8. The number of carbonyl (C=O) groups is 2. The van der Waals surface area contributed by atoms with Gasteiger partial charge in [-0.3, -0.25) is 4.79 Å². The van der Waals surface area contributed by atoms with Gasteiger partial charge in [0.2, 0.25) is 0 Å². The Balaban J connectivity index is 1.73. The molecule has 2 atom stereocenters. The number of imidazole rings is 1. The predicted octanol–water partition coefficient (Wildman–Crippen LogP) is 2.83. The predicted molar refractivity (Wildman–Crippen MR) is 110 cm³/mol. The van der Waals surface area contributed by atoms with Gasteiger partial charge in [0.25, 0.3) is 11.8 Å². The Bertz CT molecular complexity index is 948. The lowest BCUT2D eigenvalue weighted by Crippen LogP contribution is -2.56. The van der Waals surface area contributed by atoms with Crippen molar-refractivity contribution in [3.8, 4) is 0 Å². The van der Waals surface area contributed by atoms with Crippen molar-refractivity contribution < 1.29 is 28.2 Å². The summed E-state index contributed by atoms with van der Waals surface area (Å²) in [4.78, 5) is 36.5. The van der Waals surface area contributed by atoms with Gasteiger partial charge in [0, 0.05) is 20.0 Å². The van der Waals surface area contributed by atoms with Crippen molar-refractivity contribution in [1.82, 2.24) is 20.3 Å². The number of aromatic amines is 1. The van der Waals surface area contributed by atoms with E-state index in [-0.39, 0.29) is 22.4 Å². The molecule has 13 heteroatoms. The quantitative estimate of drug-likeness (QED) is 0.534. The van der Waals surface area contributed by atoms with E-state index in [1.807, 2.05) is 6.92 Å². The van der Waals surface area contributed by atoms with Crippen molar-refractivity contribution >= 4 is 39.9 Å². The largest absolute Gasteiger partial charge is 0.477 e. The lowest BCUT2D eigenvalue weighted by Gasteiger charge is -2.38. The number of aromatic nitrogens is 3. The number of H-pyrrole nitrogens is 1. The fourth-order valence-corrected chi connectivity index (χ4v) is 4.21. The topological polar surface area (TPSA) is 120 Å². The number of carboxylic acid groups (broad SMARTS) is 1. The molecule has 0 aromatic carbocycles. The van der Waals surface area contributed by atoms with Gasteiger partial charge >= 0.3 is 5.97 Å². The van der Waals surface area contributed by atoms with Crippen molar-refractivity contribution in [3.63, 3.8) is 0 Å². The summed E-state index contributed by atoms with van der Waals surface area (Å²) in [7, 11) is 0. The number of aromatic carboxylic acids is 1. The smallest absolute Gasteiger partial charge is 0.347 e. The first-order valence-electron chi connectivity index (χ1n) is 9.56. The monoisotopic (exact) mass is 477 g/mol. The zero-order valence-electron chi connectivity index (χ0n) is 16.8. The highest BCUT2D eigenvalue weighted by Gasteiger charge is 2.35. The van der Waals surface area contributed by atoms with E-state index in [9.17, 15) is 18.4 Å². The van der Waals surface area contributed by atoms with Crippen LogP contribution in [0.1, 0.15) is 46.3 Å². The number of hydrogen-bond acceptors (Lipinski definition) is 7. The van der Waals surface area contributed by atoms with E-state index < -0.39 is 36.6 Å². The van der Waals surface area contributed by atoms with Crippen molar-refractivity contribution in [2.24, 2.45) is 0 Å². The number of carboxylic acids is 1. The molecule has 2 aromatic heterocycles. The Hall–Kier alpha value is -2.31. The SMILES string of the molecule is CCc1[nH]c(C(=O)N[C@@H]2CCN(c3ncc(C(=O)O)s3)C[C@@H]2OCC(C)(F)F)nc1Cl. The number of nitrogens with one attached hydrogen (secondary N) is 2. The van der Waals surface area contributed by atoms with Gasteiger partial charge in [-0.15, -0.1) is 0 Å². The minimum absolute atomic E-state index is 0.0369. The van der Waals surface area contributed by atoms with Crippen LogP contribution >= 0.6 is 22.9 Å². The molecule has 3 heterocycles. The van der Waals surface area contributed by atoms with Gasteiger partial charge in [-0.2, -0.15) is 0 Å². The van der Waals surface area contributed by atoms with E-state index in [0.29, 0.717) is 30.2 Å². The van der Waals surface area contributed by atoms with Crippen molar-refractivity contribution in [2.75, 3.05) is 24.6 Å². The molecule has 0 aliphatic carbocycles. The van der Waals surface area contributed by atoms with Crippen LogP contribution in [0.3, 0.4) is 0 Å². The molecule has 2 aromatic rings. The molecule has 0 spiro atoms. The Morgan fingerprint density at radius 1 is 1.52 bits per heavy atom. The number of hydrogen-bond donors (Lipinski definition) is 3. The van der Waals surface area contributed by atoms with E-state index in [2.05, 4.69) is 20.3 Å². The number of thiazole rings is 1. The molecule has 0 unspecified atom stereocenters. The average molecular weight is 478 g/mol. The minimum atomic E-state index is -3.04. The maximum atomic E-state index is 13.4. The van der Waals surface area contributed by atoms with Gasteiger partial charge < -0.3 is 25.0 Å². The fraction of sp³-hybridized carbons (Fsp3) is 0.556. The van der Waals surface area contributed by atoms with Crippen LogP contribution in [0.25, 0.3) is 0 Å². The molecule has 1 saturated heterocycles. The van der Waals surface area contributed by atoms with Gasteiger partial charge in [-0.05, 0) is 12.8 Å². The zero-order chi connectivity index (χ0) is 22.8. The number of piperidine rings is 1. The van der Waals surface area contributed by atoms with Gasteiger partial charge in [0.15, 0.2) is 16.1 Å². The summed E-state index contributed by atoms with van der Waals surface area (Å²) in [6.07, 6.45) is 1.43. The van der Waals surface area contributed by atoms with Crippen LogP contribution in [0.4, 0.5) is 13.9 Å². The molecule has 0 radical (unpaired) electrons. The fourth-order valence-electron chi connectivity index (χ4n) is 3.15. The van der Waals surface area contributed by atoms with E-state index in [4.69, 9.17) is 21.4 Å². The Morgan fingerprint density at radius 3 is 2.84 bits per heavy atom. The summed E-state index contributed by atoms with van der Waals surface area (Å²) in [5, 5.41) is 12.5. The molecule has 0 bridgehead atoms. The third-order valence-electron chi connectivity index (χ3n) is 4.70. The van der Waals surface area contributed by atoms with Crippen LogP contribution < -0.4 is 10.2 Å². The number of rotatable bonds is 8. The zero-order valence-corrected chi connectivity index (χ0v) is 18.4. The highest BCUT2D eigenvalue weighted by molar-refractivity contribution is 7.17. The number of anilines is 1. The third-order valence-corrected chi connectivity index (χ3v) is 6.06. The standard InChI is InChI=1S/C18H22ClF2N5O4S/c1-3-9-13(19)25-14(23-9)15(27)24-10-4-5-26(7-11(10)30-8-18(2,20)21)17-22-6-12(31-17)16(28)29/h6,10-11H,3-5,7-8H2,1-2H3,(H,23,25)(H,24,27)(H,28,29)/t10-,11+/m1/s1. The Labute approximate surface area is 185 Å². The third kappa shape index (κ3) is 5.89. The molecular weight excluding hydrogens is 456 g/mol. The van der Waals surface area contributed by atoms with Gasteiger partial charge in [0.05, 0.1) is 24.0 Å². The summed E-state index contributed by atoms with van der Waals surface area (Å²) in [6, 6.07) is -0.557. The lowest BCUT2D eigenvalue weighted by molar-refractivity contribution is -0.0947. The minimum Gasteiger partial charge on any atom is -0.477 e. The van der Waals surface area contributed by atoms with Gasteiger partial charge in [-0.1, -0.05) is 29.9 Å². The number of halogens is 3. The summed E-state index contributed by atoms with van der Waals surface area (Å²) < 4.78 is 32.2. The molecule has 3 rings (SSSR count). The number of ether oxygens (including phenoxy) is 1. The second kappa shape index (κ2) is 9.45. The second-order valence-corrected chi connectivity index (χ2v) is 8.62. The average Bonchev–Trinajstić information content (AvgIpc) is 3.33. The molecule has 1 aliphatic heterocycles. The highest BCUT2D eigenvalue weighted by Crippen LogP contribution is 2.27. The first-order chi connectivity index (χ1) is 14.6. The molecule has 31 heavy (non-hydrogen) atoms.